The average molecular weight is 285 g/mol. The molecule has 2 N–H and O–H groups in total. The molecule has 0 aromatic carbocycles. The Labute approximate surface area is 113 Å². The number of hydrogen-bond acceptors (Lipinski definition) is 4. The number of anilines is 1. The molecule has 1 unspecified atom stereocenters. The first-order valence-electron chi connectivity index (χ1n) is 6.39. The third-order valence-corrected chi connectivity index (χ3v) is 3.58. The molecule has 2 aromatic rings. The minimum Gasteiger partial charge on any atom is -0.351 e. The molecule has 1 aliphatic rings. The van der Waals surface area contributed by atoms with Gasteiger partial charge in [-0.2, -0.15) is 18.3 Å². The zero-order valence-electron chi connectivity index (χ0n) is 10.6. The first-order valence-corrected chi connectivity index (χ1v) is 6.39. The van der Waals surface area contributed by atoms with Crippen LogP contribution < -0.4 is 10.6 Å². The Morgan fingerprint density at radius 3 is 2.90 bits per heavy atom. The Morgan fingerprint density at radius 2 is 2.20 bits per heavy atom. The summed E-state index contributed by atoms with van der Waals surface area (Å²) in [7, 11) is 0. The fourth-order valence-corrected chi connectivity index (χ4v) is 2.63. The highest BCUT2D eigenvalue weighted by Gasteiger charge is 2.35. The van der Waals surface area contributed by atoms with Crippen molar-refractivity contribution in [2.75, 3.05) is 18.0 Å². The summed E-state index contributed by atoms with van der Waals surface area (Å²) >= 11 is 0. The summed E-state index contributed by atoms with van der Waals surface area (Å²) in [4.78, 5) is 6.19. The van der Waals surface area contributed by atoms with Crippen LogP contribution in [0.5, 0.6) is 0 Å². The minimum absolute atomic E-state index is 0.123. The van der Waals surface area contributed by atoms with Crippen molar-refractivity contribution in [3.05, 3.63) is 24.2 Å². The van der Waals surface area contributed by atoms with E-state index in [2.05, 4.69) is 10.1 Å². The van der Waals surface area contributed by atoms with Crippen LogP contribution in [0.2, 0.25) is 0 Å². The number of alkyl halides is 3. The largest absolute Gasteiger partial charge is 0.435 e. The molecule has 108 valence electrons. The van der Waals surface area contributed by atoms with Crippen LogP contribution in [0.25, 0.3) is 5.52 Å². The second-order valence-electron chi connectivity index (χ2n) is 4.83. The van der Waals surface area contributed by atoms with Gasteiger partial charge in [-0.25, -0.2) is 9.50 Å². The van der Waals surface area contributed by atoms with E-state index in [1.807, 2.05) is 4.90 Å². The molecule has 5 nitrogen and oxygen atoms in total. The zero-order valence-corrected chi connectivity index (χ0v) is 10.6. The molecule has 0 radical (unpaired) electrons. The summed E-state index contributed by atoms with van der Waals surface area (Å²) in [6.07, 6.45) is 0.314. The van der Waals surface area contributed by atoms with Crippen LogP contribution >= 0.6 is 0 Å². The summed E-state index contributed by atoms with van der Waals surface area (Å²) in [6, 6.07) is 1.16. The number of fused-ring (bicyclic) bond motifs is 1. The number of nitrogens with two attached hydrogens (primary N) is 1. The van der Waals surface area contributed by atoms with Crippen LogP contribution in [0.15, 0.2) is 18.5 Å². The SMILES string of the molecule is NCC1CCCN1c1nccn2nc(C(F)(F)F)cc12. The van der Waals surface area contributed by atoms with Crippen LogP contribution in [0.3, 0.4) is 0 Å². The van der Waals surface area contributed by atoms with Gasteiger partial charge in [0.2, 0.25) is 0 Å². The monoisotopic (exact) mass is 285 g/mol. The van der Waals surface area contributed by atoms with Gasteiger partial charge in [0.1, 0.15) is 5.52 Å². The van der Waals surface area contributed by atoms with Crippen molar-refractivity contribution in [1.82, 2.24) is 14.6 Å². The van der Waals surface area contributed by atoms with E-state index >= 15 is 0 Å². The Bertz CT molecular complexity index is 621. The van der Waals surface area contributed by atoms with E-state index in [4.69, 9.17) is 5.73 Å². The molecular weight excluding hydrogens is 271 g/mol. The fraction of sp³-hybridized carbons (Fsp3) is 0.500. The predicted octanol–water partition coefficient (Wildman–Crippen LogP) is 1.68. The Kier molecular flexibility index (Phi) is 3.04. The van der Waals surface area contributed by atoms with Crippen molar-refractivity contribution in [3.8, 4) is 0 Å². The van der Waals surface area contributed by atoms with Gasteiger partial charge in [0.25, 0.3) is 0 Å². The highest BCUT2D eigenvalue weighted by atomic mass is 19.4. The summed E-state index contributed by atoms with van der Waals surface area (Å²) in [5.74, 6) is 0.517. The Morgan fingerprint density at radius 1 is 1.40 bits per heavy atom. The normalized spacial score (nSPS) is 20.0. The maximum absolute atomic E-state index is 12.7. The zero-order chi connectivity index (χ0) is 14.3. The van der Waals surface area contributed by atoms with E-state index in [0.29, 0.717) is 17.9 Å². The van der Waals surface area contributed by atoms with E-state index in [1.54, 1.807) is 0 Å². The van der Waals surface area contributed by atoms with Crippen molar-refractivity contribution in [2.24, 2.45) is 5.73 Å². The van der Waals surface area contributed by atoms with E-state index in [-0.39, 0.29) is 6.04 Å². The lowest BCUT2D eigenvalue weighted by atomic mass is 10.2. The van der Waals surface area contributed by atoms with Gasteiger partial charge in [-0.05, 0) is 12.8 Å². The molecule has 2 aromatic heterocycles. The maximum atomic E-state index is 12.7. The molecule has 1 fully saturated rings. The van der Waals surface area contributed by atoms with Gasteiger partial charge in [-0.3, -0.25) is 0 Å². The molecule has 0 spiro atoms. The Hall–Kier alpha value is -1.83. The number of nitrogens with zero attached hydrogens (tertiary/aromatic N) is 4. The summed E-state index contributed by atoms with van der Waals surface area (Å²) < 4.78 is 39.5. The predicted molar refractivity (Wildman–Crippen MR) is 67.4 cm³/mol. The van der Waals surface area contributed by atoms with Gasteiger partial charge in [0, 0.05) is 37.6 Å². The smallest absolute Gasteiger partial charge is 0.351 e. The van der Waals surface area contributed by atoms with Crippen LogP contribution in [-0.4, -0.2) is 33.7 Å². The van der Waals surface area contributed by atoms with Crippen molar-refractivity contribution in [2.45, 2.75) is 25.1 Å². The molecule has 0 saturated carbocycles. The van der Waals surface area contributed by atoms with Crippen LogP contribution in [0.4, 0.5) is 19.0 Å². The van der Waals surface area contributed by atoms with E-state index in [1.165, 1.54) is 16.9 Å². The van der Waals surface area contributed by atoms with Crippen LogP contribution in [-0.2, 0) is 6.18 Å². The molecule has 0 aliphatic carbocycles. The highest BCUT2D eigenvalue weighted by Crippen LogP contribution is 2.32. The second kappa shape index (κ2) is 4.62. The molecule has 1 atom stereocenters. The van der Waals surface area contributed by atoms with Gasteiger partial charge in [0.05, 0.1) is 0 Å². The van der Waals surface area contributed by atoms with Crippen LogP contribution in [0, 0.1) is 0 Å². The van der Waals surface area contributed by atoms with Gasteiger partial charge in [0.15, 0.2) is 11.5 Å². The minimum atomic E-state index is -4.46. The van der Waals surface area contributed by atoms with E-state index in [0.717, 1.165) is 25.5 Å². The maximum Gasteiger partial charge on any atom is 0.435 e. The van der Waals surface area contributed by atoms with Crippen molar-refractivity contribution < 1.29 is 13.2 Å². The van der Waals surface area contributed by atoms with Gasteiger partial charge in [-0.1, -0.05) is 0 Å². The Balaban J connectivity index is 2.09. The third kappa shape index (κ3) is 2.09. The molecular formula is C12H14F3N5. The van der Waals surface area contributed by atoms with Crippen molar-refractivity contribution >= 4 is 11.3 Å². The molecule has 8 heteroatoms. The summed E-state index contributed by atoms with van der Waals surface area (Å²) in [6.45, 7) is 1.21. The van der Waals surface area contributed by atoms with Crippen molar-refractivity contribution in [1.29, 1.82) is 0 Å². The second-order valence-corrected chi connectivity index (χ2v) is 4.83. The lowest BCUT2D eigenvalue weighted by molar-refractivity contribution is -0.141. The molecule has 1 saturated heterocycles. The number of halogens is 3. The quantitative estimate of drug-likeness (QED) is 0.912. The van der Waals surface area contributed by atoms with E-state index in [9.17, 15) is 13.2 Å². The first-order chi connectivity index (χ1) is 9.50. The number of rotatable bonds is 2. The summed E-state index contributed by atoms with van der Waals surface area (Å²) in [5, 5.41) is 3.56. The molecule has 3 rings (SSSR count). The summed E-state index contributed by atoms with van der Waals surface area (Å²) in [5.41, 5.74) is 5.16. The van der Waals surface area contributed by atoms with Gasteiger partial charge < -0.3 is 10.6 Å². The van der Waals surface area contributed by atoms with Crippen LogP contribution in [0.1, 0.15) is 18.5 Å². The molecule has 0 bridgehead atoms. The van der Waals surface area contributed by atoms with Gasteiger partial charge in [-0.15, -0.1) is 0 Å². The highest BCUT2D eigenvalue weighted by molar-refractivity contribution is 5.70. The topological polar surface area (TPSA) is 59.5 Å². The van der Waals surface area contributed by atoms with Crippen molar-refractivity contribution in [3.63, 3.8) is 0 Å². The number of aromatic nitrogens is 3. The molecule has 0 amide bonds. The lowest BCUT2D eigenvalue weighted by Crippen LogP contribution is -2.36. The van der Waals surface area contributed by atoms with E-state index < -0.39 is 11.9 Å². The molecule has 1 aliphatic heterocycles. The average Bonchev–Trinajstić information content (AvgIpc) is 3.03. The first kappa shape index (κ1) is 13.2. The standard InChI is InChI=1S/C12H14F3N5/c13-12(14,15)10-6-9-11(17-3-5-20(9)18-10)19-4-1-2-8(19)7-16/h3,5-6,8H,1-2,4,7,16H2. The fourth-order valence-electron chi connectivity index (χ4n) is 2.63. The van der Waals surface area contributed by atoms with Gasteiger partial charge >= 0.3 is 6.18 Å². The number of hydrogen-bond donors (Lipinski definition) is 1. The lowest BCUT2D eigenvalue weighted by Gasteiger charge is -2.24. The molecule has 20 heavy (non-hydrogen) atoms. The third-order valence-electron chi connectivity index (χ3n) is 3.58. The molecule has 3 heterocycles.